The molecule has 1 aromatic carbocycles. The van der Waals surface area contributed by atoms with Gasteiger partial charge in [-0.25, -0.2) is 9.78 Å². The number of aromatic nitrogens is 3. The lowest BCUT2D eigenvalue weighted by atomic mass is 10.2. The smallest absolute Gasteiger partial charge is 0.349 e. The number of benzene rings is 1. The molecule has 0 spiro atoms. The van der Waals surface area contributed by atoms with Gasteiger partial charge in [-0.05, 0) is 18.2 Å². The second-order valence-electron chi connectivity index (χ2n) is 4.87. The number of amides is 1. The maximum Gasteiger partial charge on any atom is 0.349 e. The number of rotatable bonds is 2. The number of hydrogen-bond acceptors (Lipinski definition) is 5. The number of carbonyl (C=O) groups excluding carboxylic acids is 1. The Morgan fingerprint density at radius 2 is 2.00 bits per heavy atom. The summed E-state index contributed by atoms with van der Waals surface area (Å²) in [4.78, 5) is 28.5. The van der Waals surface area contributed by atoms with Crippen LogP contribution in [0.1, 0.15) is 10.4 Å². The van der Waals surface area contributed by atoms with Crippen molar-refractivity contribution >= 4 is 28.3 Å². The Morgan fingerprint density at radius 1 is 1.13 bits per heavy atom. The first-order valence-corrected chi connectivity index (χ1v) is 6.85. The van der Waals surface area contributed by atoms with Crippen LogP contribution in [0.25, 0.3) is 16.6 Å². The molecule has 0 aliphatic rings. The van der Waals surface area contributed by atoms with Gasteiger partial charge in [0.15, 0.2) is 5.65 Å². The lowest BCUT2D eigenvalue weighted by Gasteiger charge is -2.06. The molecular formula is C16H10N4O3. The van der Waals surface area contributed by atoms with E-state index in [2.05, 4.69) is 15.4 Å². The molecule has 0 bridgehead atoms. The predicted molar refractivity (Wildman–Crippen MR) is 83.4 cm³/mol. The summed E-state index contributed by atoms with van der Waals surface area (Å²) in [6.07, 6.45) is 3.12. The fourth-order valence-corrected chi connectivity index (χ4v) is 2.33. The van der Waals surface area contributed by atoms with E-state index in [1.807, 2.05) is 0 Å². The molecule has 112 valence electrons. The van der Waals surface area contributed by atoms with Crippen molar-refractivity contribution < 1.29 is 9.21 Å². The fraction of sp³-hybridized carbons (Fsp3) is 0. The fourth-order valence-electron chi connectivity index (χ4n) is 2.33. The first kappa shape index (κ1) is 13.2. The number of nitrogens with one attached hydrogen (secondary N) is 1. The van der Waals surface area contributed by atoms with E-state index in [4.69, 9.17) is 4.42 Å². The summed E-state index contributed by atoms with van der Waals surface area (Å²) in [5.41, 5.74) is 0.272. The number of para-hydroxylation sites is 1. The third kappa shape index (κ3) is 2.24. The minimum Gasteiger partial charge on any atom is -0.422 e. The van der Waals surface area contributed by atoms with Crippen molar-refractivity contribution in [2.45, 2.75) is 0 Å². The van der Waals surface area contributed by atoms with E-state index in [9.17, 15) is 9.59 Å². The Hall–Kier alpha value is -3.48. The van der Waals surface area contributed by atoms with Crippen molar-refractivity contribution in [2.24, 2.45) is 0 Å². The van der Waals surface area contributed by atoms with Crippen LogP contribution in [0.2, 0.25) is 0 Å². The molecule has 4 aromatic rings. The van der Waals surface area contributed by atoms with Crippen LogP contribution in [0.5, 0.6) is 0 Å². The number of nitrogens with zero attached hydrogens (tertiary/aromatic N) is 3. The Kier molecular flexibility index (Phi) is 2.90. The van der Waals surface area contributed by atoms with Crippen molar-refractivity contribution in [1.82, 2.24) is 14.6 Å². The highest BCUT2D eigenvalue weighted by atomic mass is 16.4. The van der Waals surface area contributed by atoms with Gasteiger partial charge >= 0.3 is 5.63 Å². The van der Waals surface area contributed by atoms with Gasteiger partial charge in [0, 0.05) is 17.6 Å². The minimum atomic E-state index is -0.688. The largest absolute Gasteiger partial charge is 0.422 e. The maximum atomic E-state index is 12.4. The average Bonchev–Trinajstić information content (AvgIpc) is 3.04. The first-order valence-electron chi connectivity index (χ1n) is 6.85. The normalized spacial score (nSPS) is 11.0. The van der Waals surface area contributed by atoms with Gasteiger partial charge in [0.1, 0.15) is 17.0 Å². The van der Waals surface area contributed by atoms with Gasteiger partial charge in [0.25, 0.3) is 5.91 Å². The van der Waals surface area contributed by atoms with Crippen LogP contribution in [0, 0.1) is 0 Å². The summed E-state index contributed by atoms with van der Waals surface area (Å²) < 4.78 is 6.65. The van der Waals surface area contributed by atoms with Gasteiger partial charge in [-0.3, -0.25) is 4.79 Å². The summed E-state index contributed by atoms with van der Waals surface area (Å²) in [5.74, 6) is -0.148. The molecule has 0 unspecified atom stereocenters. The Morgan fingerprint density at radius 3 is 2.91 bits per heavy atom. The standard InChI is InChI=1S/C16H10N4O3/c21-15(19-14-5-7-17-13-6-8-18-20(13)14)11-9-10-3-1-2-4-12(10)23-16(11)22/h1-9H,(H,19,21). The lowest BCUT2D eigenvalue weighted by Crippen LogP contribution is -2.22. The van der Waals surface area contributed by atoms with E-state index >= 15 is 0 Å². The van der Waals surface area contributed by atoms with Crippen molar-refractivity contribution in [1.29, 1.82) is 0 Å². The van der Waals surface area contributed by atoms with Gasteiger partial charge in [0.05, 0.1) is 6.20 Å². The highest BCUT2D eigenvalue weighted by Crippen LogP contribution is 2.14. The van der Waals surface area contributed by atoms with Crippen molar-refractivity contribution in [3.05, 3.63) is 70.8 Å². The number of carbonyl (C=O) groups is 1. The molecule has 23 heavy (non-hydrogen) atoms. The number of fused-ring (bicyclic) bond motifs is 2. The maximum absolute atomic E-state index is 12.4. The molecule has 3 heterocycles. The molecule has 4 rings (SSSR count). The summed E-state index contributed by atoms with van der Waals surface area (Å²) in [5, 5.41) is 7.41. The van der Waals surface area contributed by atoms with E-state index in [1.165, 1.54) is 10.6 Å². The van der Waals surface area contributed by atoms with Crippen LogP contribution < -0.4 is 10.9 Å². The van der Waals surface area contributed by atoms with Crippen LogP contribution in [0.4, 0.5) is 5.82 Å². The summed E-state index contributed by atoms with van der Waals surface area (Å²) in [6.45, 7) is 0. The monoisotopic (exact) mass is 306 g/mol. The molecule has 0 radical (unpaired) electrons. The summed E-state index contributed by atoms with van der Waals surface area (Å²) in [6, 6.07) is 11.8. The summed E-state index contributed by atoms with van der Waals surface area (Å²) in [7, 11) is 0. The highest BCUT2D eigenvalue weighted by molar-refractivity contribution is 6.05. The third-order valence-corrected chi connectivity index (χ3v) is 3.42. The molecule has 1 N–H and O–H groups in total. The zero-order valence-electron chi connectivity index (χ0n) is 11.8. The van der Waals surface area contributed by atoms with E-state index < -0.39 is 11.5 Å². The average molecular weight is 306 g/mol. The molecule has 7 heteroatoms. The molecule has 3 aromatic heterocycles. The zero-order chi connectivity index (χ0) is 15.8. The third-order valence-electron chi connectivity index (χ3n) is 3.42. The molecule has 0 saturated carbocycles. The zero-order valence-corrected chi connectivity index (χ0v) is 11.8. The van der Waals surface area contributed by atoms with Gasteiger partial charge in [-0.2, -0.15) is 9.61 Å². The van der Waals surface area contributed by atoms with Crippen LogP contribution in [0.3, 0.4) is 0 Å². The van der Waals surface area contributed by atoms with Gasteiger partial charge in [-0.15, -0.1) is 0 Å². The topological polar surface area (TPSA) is 89.5 Å². The highest BCUT2D eigenvalue weighted by Gasteiger charge is 2.15. The van der Waals surface area contributed by atoms with E-state index in [0.717, 1.165) is 0 Å². The molecule has 0 aliphatic carbocycles. The SMILES string of the molecule is O=C(Nc1ccnc2ccnn12)c1cc2ccccc2oc1=O. The van der Waals surface area contributed by atoms with E-state index in [-0.39, 0.29) is 5.56 Å². The Balaban J connectivity index is 1.76. The molecule has 1 amide bonds. The Labute approximate surface area is 129 Å². The van der Waals surface area contributed by atoms with Crippen LogP contribution in [-0.4, -0.2) is 20.5 Å². The molecule has 0 saturated heterocycles. The molecule has 0 fully saturated rings. The van der Waals surface area contributed by atoms with Crippen molar-refractivity contribution in [3.63, 3.8) is 0 Å². The lowest BCUT2D eigenvalue weighted by molar-refractivity contribution is 0.102. The molecule has 0 atom stereocenters. The number of anilines is 1. The second-order valence-corrected chi connectivity index (χ2v) is 4.87. The predicted octanol–water partition coefficient (Wildman–Crippen LogP) is 2.09. The van der Waals surface area contributed by atoms with Gasteiger partial charge in [-0.1, -0.05) is 18.2 Å². The van der Waals surface area contributed by atoms with Crippen molar-refractivity contribution in [2.75, 3.05) is 5.32 Å². The molecular weight excluding hydrogens is 296 g/mol. The second kappa shape index (κ2) is 5.06. The van der Waals surface area contributed by atoms with Gasteiger partial charge in [0.2, 0.25) is 0 Å². The van der Waals surface area contributed by atoms with E-state index in [1.54, 1.807) is 48.8 Å². The van der Waals surface area contributed by atoms with Crippen LogP contribution in [0.15, 0.2) is 64.1 Å². The van der Waals surface area contributed by atoms with Gasteiger partial charge < -0.3 is 9.73 Å². The van der Waals surface area contributed by atoms with Crippen molar-refractivity contribution in [3.8, 4) is 0 Å². The quantitative estimate of drug-likeness (QED) is 0.573. The number of hydrogen-bond donors (Lipinski definition) is 1. The van der Waals surface area contributed by atoms with E-state index in [0.29, 0.717) is 22.4 Å². The summed E-state index contributed by atoms with van der Waals surface area (Å²) >= 11 is 0. The van der Waals surface area contributed by atoms with Crippen LogP contribution >= 0.6 is 0 Å². The van der Waals surface area contributed by atoms with Crippen LogP contribution in [-0.2, 0) is 0 Å². The molecule has 7 nitrogen and oxygen atoms in total. The first-order chi connectivity index (χ1) is 11.2. The Bertz CT molecular complexity index is 1100. The molecule has 0 aliphatic heterocycles. The minimum absolute atomic E-state index is 0.0687.